The Kier molecular flexibility index (Phi) is 6.56. The molecule has 4 rings (SSSR count). The Morgan fingerprint density at radius 1 is 1.17 bits per heavy atom. The third kappa shape index (κ3) is 5.14. The molecule has 0 bridgehead atoms. The van der Waals surface area contributed by atoms with E-state index in [9.17, 15) is 18.3 Å². The Morgan fingerprint density at radius 3 is 2.51 bits per heavy atom. The largest absolute Gasteiger partial charge is 0.389 e. The number of nitrogens with one attached hydrogen (secondary N) is 1. The maximum atomic E-state index is 13.3. The summed E-state index contributed by atoms with van der Waals surface area (Å²) in [5, 5.41) is 9.82. The van der Waals surface area contributed by atoms with Crippen LogP contribution in [0.15, 0.2) is 69.3 Å². The van der Waals surface area contributed by atoms with Gasteiger partial charge in [0.25, 0.3) is 5.91 Å². The summed E-state index contributed by atoms with van der Waals surface area (Å²) < 4.78 is 27.1. The smallest absolute Gasteiger partial charge is 0.253 e. The van der Waals surface area contributed by atoms with Gasteiger partial charge in [-0.1, -0.05) is 18.2 Å². The topological polar surface area (TPSA) is 116 Å². The van der Waals surface area contributed by atoms with Crippen LogP contribution in [-0.4, -0.2) is 58.5 Å². The second-order valence-corrected chi connectivity index (χ2v) is 11.8. The second kappa shape index (κ2) is 9.18. The Balaban J connectivity index is 1.69. The minimum atomic E-state index is -3.91. The summed E-state index contributed by atoms with van der Waals surface area (Å²) in [5.41, 5.74) is 2.56. The highest BCUT2D eigenvalue weighted by molar-refractivity contribution is 9.10. The van der Waals surface area contributed by atoms with Crippen LogP contribution < -0.4 is 0 Å². The summed E-state index contributed by atoms with van der Waals surface area (Å²) in [5.74, 6) is -0.213. The number of hydrogen-bond acceptors (Lipinski definition) is 6. The Labute approximate surface area is 212 Å². The van der Waals surface area contributed by atoms with E-state index in [0.717, 1.165) is 11.1 Å². The van der Waals surface area contributed by atoms with E-state index in [-0.39, 0.29) is 22.4 Å². The van der Waals surface area contributed by atoms with Crippen molar-refractivity contribution in [2.24, 2.45) is 0 Å². The first-order valence-electron chi connectivity index (χ1n) is 10.8. The maximum absolute atomic E-state index is 13.3. The molecule has 4 aromatic rings. The number of H-pyrrole nitrogens is 1. The van der Waals surface area contributed by atoms with Crippen molar-refractivity contribution in [2.75, 3.05) is 13.6 Å². The lowest BCUT2D eigenvalue weighted by atomic mass is 10.0. The summed E-state index contributed by atoms with van der Waals surface area (Å²) in [6.45, 7) is 5.30. The standard InChI is InChI=1S/C25H25BrN4O4S/c1-15-5-10-19(26)20(11-15)35(33,34)21-13-28-23-22(29-21)18(12-27-23)16-6-8-17(9-7-16)24(31)30(4)14-25(2,3)32/h5-13,32H,14H2,1-4H3,(H,27,28). The van der Waals surface area contributed by atoms with E-state index < -0.39 is 15.4 Å². The van der Waals surface area contributed by atoms with Crippen molar-refractivity contribution in [3.63, 3.8) is 0 Å². The minimum absolute atomic E-state index is 0.126. The van der Waals surface area contributed by atoms with Gasteiger partial charge >= 0.3 is 0 Å². The molecule has 0 saturated carbocycles. The minimum Gasteiger partial charge on any atom is -0.389 e. The highest BCUT2D eigenvalue weighted by Gasteiger charge is 2.25. The third-order valence-electron chi connectivity index (χ3n) is 5.42. The zero-order valence-electron chi connectivity index (χ0n) is 19.7. The van der Waals surface area contributed by atoms with Gasteiger partial charge in [0.05, 0.1) is 16.7 Å². The molecule has 8 nitrogen and oxygen atoms in total. The highest BCUT2D eigenvalue weighted by Crippen LogP contribution is 2.31. The van der Waals surface area contributed by atoms with Crippen LogP contribution in [0.1, 0.15) is 29.8 Å². The van der Waals surface area contributed by atoms with Crippen molar-refractivity contribution >= 4 is 42.8 Å². The van der Waals surface area contributed by atoms with Gasteiger partial charge in [0, 0.05) is 35.4 Å². The molecule has 0 aliphatic heterocycles. The van der Waals surface area contributed by atoms with Crippen LogP contribution in [0.4, 0.5) is 0 Å². The van der Waals surface area contributed by atoms with Crippen LogP contribution in [0.2, 0.25) is 0 Å². The number of aliphatic hydroxyl groups is 1. The van der Waals surface area contributed by atoms with Crippen LogP contribution in [0.25, 0.3) is 22.3 Å². The lowest BCUT2D eigenvalue weighted by Gasteiger charge is -2.25. The fourth-order valence-electron chi connectivity index (χ4n) is 3.82. The number of benzene rings is 2. The van der Waals surface area contributed by atoms with Crippen LogP contribution in [0, 0.1) is 6.92 Å². The average Bonchev–Trinajstić information content (AvgIpc) is 3.22. The van der Waals surface area contributed by atoms with E-state index in [1.807, 2.05) is 13.0 Å². The molecule has 2 aromatic heterocycles. The zero-order valence-corrected chi connectivity index (χ0v) is 22.1. The van der Waals surface area contributed by atoms with Gasteiger partial charge < -0.3 is 15.0 Å². The maximum Gasteiger partial charge on any atom is 0.253 e. The lowest BCUT2D eigenvalue weighted by Crippen LogP contribution is -2.39. The number of aromatic amines is 1. The SMILES string of the molecule is Cc1ccc(Br)c(S(=O)(=O)c2cnc3[nH]cc(-c4ccc(C(=O)N(C)CC(C)(C)O)cc4)c3n2)c1. The fourth-order valence-corrected chi connectivity index (χ4v) is 6.00. The molecule has 35 heavy (non-hydrogen) atoms. The van der Waals surface area contributed by atoms with E-state index in [2.05, 4.69) is 30.9 Å². The zero-order chi connectivity index (χ0) is 25.5. The number of rotatable bonds is 6. The lowest BCUT2D eigenvalue weighted by molar-refractivity contribution is 0.0368. The first-order chi connectivity index (χ1) is 16.4. The third-order valence-corrected chi connectivity index (χ3v) is 8.04. The van der Waals surface area contributed by atoms with Crippen molar-refractivity contribution in [2.45, 2.75) is 36.3 Å². The molecule has 0 fully saturated rings. The van der Waals surface area contributed by atoms with Gasteiger partial charge in [-0.15, -0.1) is 0 Å². The Morgan fingerprint density at radius 2 is 1.86 bits per heavy atom. The van der Waals surface area contributed by atoms with Gasteiger partial charge in [-0.2, -0.15) is 0 Å². The number of likely N-dealkylation sites (N-methyl/N-ethyl adjacent to an activating group) is 1. The summed E-state index contributed by atoms with van der Waals surface area (Å²) in [7, 11) is -2.27. The highest BCUT2D eigenvalue weighted by atomic mass is 79.9. The first kappa shape index (κ1) is 25.0. The summed E-state index contributed by atoms with van der Waals surface area (Å²) in [6, 6.07) is 12.0. The molecule has 0 aliphatic rings. The second-order valence-electron chi connectivity index (χ2n) is 9.10. The normalized spacial score (nSPS) is 12.2. The van der Waals surface area contributed by atoms with Crippen LogP contribution in [0.3, 0.4) is 0 Å². The number of hydrogen-bond donors (Lipinski definition) is 2. The van der Waals surface area contributed by atoms with Gasteiger partial charge in [0.15, 0.2) is 10.7 Å². The van der Waals surface area contributed by atoms with Crippen molar-refractivity contribution in [3.05, 3.63) is 70.5 Å². The van der Waals surface area contributed by atoms with E-state index in [4.69, 9.17) is 0 Å². The molecule has 10 heteroatoms. The molecule has 182 valence electrons. The molecule has 0 saturated heterocycles. The molecule has 0 radical (unpaired) electrons. The van der Waals surface area contributed by atoms with Gasteiger partial charge in [-0.25, -0.2) is 18.4 Å². The first-order valence-corrected chi connectivity index (χ1v) is 13.1. The number of nitrogens with zero attached hydrogens (tertiary/aromatic N) is 3. The number of carbonyl (C=O) groups is 1. The summed E-state index contributed by atoms with van der Waals surface area (Å²) >= 11 is 3.32. The quantitative estimate of drug-likeness (QED) is 0.364. The molecule has 2 aromatic carbocycles. The van der Waals surface area contributed by atoms with Crippen molar-refractivity contribution in [3.8, 4) is 11.1 Å². The van der Waals surface area contributed by atoms with Crippen molar-refractivity contribution in [1.29, 1.82) is 0 Å². The van der Waals surface area contributed by atoms with E-state index in [1.165, 1.54) is 11.1 Å². The number of fused-ring (bicyclic) bond motifs is 1. The number of sulfone groups is 1. The van der Waals surface area contributed by atoms with Gasteiger partial charge in [0.1, 0.15) is 5.52 Å². The Hall–Kier alpha value is -3.08. The molecule has 0 aliphatic carbocycles. The molecular weight excluding hydrogens is 532 g/mol. The van der Waals surface area contributed by atoms with Crippen LogP contribution in [-0.2, 0) is 9.84 Å². The number of halogens is 1. The molecule has 2 N–H and O–H groups in total. The molecule has 0 unspecified atom stereocenters. The van der Waals surface area contributed by atoms with Gasteiger partial charge in [0.2, 0.25) is 9.84 Å². The summed E-state index contributed by atoms with van der Waals surface area (Å²) in [4.78, 5) is 26.0. The predicted molar refractivity (Wildman–Crippen MR) is 137 cm³/mol. The van der Waals surface area contributed by atoms with Crippen LogP contribution in [0.5, 0.6) is 0 Å². The fraction of sp³-hybridized carbons (Fsp3) is 0.240. The number of amides is 1. The van der Waals surface area contributed by atoms with Gasteiger partial charge in [-0.3, -0.25) is 4.79 Å². The molecule has 0 atom stereocenters. The van der Waals surface area contributed by atoms with E-state index >= 15 is 0 Å². The molecule has 2 heterocycles. The van der Waals surface area contributed by atoms with Crippen LogP contribution >= 0.6 is 15.9 Å². The van der Waals surface area contributed by atoms with Crippen molar-refractivity contribution in [1.82, 2.24) is 19.9 Å². The van der Waals surface area contributed by atoms with E-state index in [0.29, 0.717) is 26.8 Å². The van der Waals surface area contributed by atoms with Gasteiger partial charge in [-0.05, 0) is 72.1 Å². The summed E-state index contributed by atoms with van der Waals surface area (Å²) in [6.07, 6.45) is 2.95. The molecule has 0 spiro atoms. The molecular formula is C25H25BrN4O4S. The number of aryl methyl sites for hydroxylation is 1. The van der Waals surface area contributed by atoms with Crippen molar-refractivity contribution < 1.29 is 18.3 Å². The average molecular weight is 557 g/mol. The molecule has 1 amide bonds. The number of aromatic nitrogens is 3. The monoisotopic (exact) mass is 556 g/mol. The predicted octanol–water partition coefficient (Wildman–Crippen LogP) is 4.37. The van der Waals surface area contributed by atoms with E-state index in [1.54, 1.807) is 63.5 Å². The Bertz CT molecular complexity index is 1520. The number of carbonyl (C=O) groups excluding carboxylic acids is 1.